The average molecular weight is 417 g/mol. The minimum atomic E-state index is -4.58. The SMILES string of the molecule is O=C(N1CC(OCc2ccc(C(F)(F)F)cc2F)C1)N1CC[C@H]2OCCN[C@@H]2C1. The number of nitrogens with zero attached hydrogens (tertiary/aromatic N) is 2. The molecule has 1 N–H and O–H groups in total. The lowest BCUT2D eigenvalue weighted by Gasteiger charge is -2.46. The molecule has 3 heterocycles. The molecule has 6 nitrogen and oxygen atoms in total. The molecule has 2 amide bonds. The van der Waals surface area contributed by atoms with Crippen molar-refractivity contribution in [2.24, 2.45) is 0 Å². The molecule has 0 aromatic heterocycles. The maximum atomic E-state index is 13.9. The molecule has 29 heavy (non-hydrogen) atoms. The summed E-state index contributed by atoms with van der Waals surface area (Å²) in [5, 5.41) is 3.38. The fourth-order valence-corrected chi connectivity index (χ4v) is 3.90. The summed E-state index contributed by atoms with van der Waals surface area (Å²) in [6, 6.07) is 2.49. The van der Waals surface area contributed by atoms with E-state index in [4.69, 9.17) is 9.47 Å². The second-order valence-corrected chi connectivity index (χ2v) is 7.63. The van der Waals surface area contributed by atoms with Crippen molar-refractivity contribution in [2.45, 2.75) is 37.5 Å². The third kappa shape index (κ3) is 4.49. The van der Waals surface area contributed by atoms with Crippen LogP contribution in [0, 0.1) is 5.82 Å². The number of rotatable bonds is 3. The summed E-state index contributed by atoms with van der Waals surface area (Å²) in [5.74, 6) is -0.947. The van der Waals surface area contributed by atoms with Crippen LogP contribution in [0.3, 0.4) is 0 Å². The van der Waals surface area contributed by atoms with Crippen molar-refractivity contribution < 1.29 is 31.8 Å². The van der Waals surface area contributed by atoms with Crippen molar-refractivity contribution >= 4 is 6.03 Å². The number of halogens is 4. The number of piperidine rings is 1. The Labute approximate surface area is 165 Å². The van der Waals surface area contributed by atoms with Crippen LogP contribution in [0.25, 0.3) is 0 Å². The number of carbonyl (C=O) groups is 1. The number of hydrogen-bond donors (Lipinski definition) is 1. The Bertz CT molecular complexity index is 755. The summed E-state index contributed by atoms with van der Waals surface area (Å²) >= 11 is 0. The topological polar surface area (TPSA) is 54.0 Å². The molecule has 0 spiro atoms. The number of nitrogens with one attached hydrogen (secondary N) is 1. The zero-order valence-corrected chi connectivity index (χ0v) is 15.8. The first kappa shape index (κ1) is 20.4. The predicted molar refractivity (Wildman–Crippen MR) is 94.7 cm³/mol. The Morgan fingerprint density at radius 2 is 2.03 bits per heavy atom. The number of amides is 2. The van der Waals surface area contributed by atoms with Crippen LogP contribution in [0.5, 0.6) is 0 Å². The molecular weight excluding hydrogens is 394 g/mol. The average Bonchev–Trinajstić information content (AvgIpc) is 2.66. The van der Waals surface area contributed by atoms with Crippen LogP contribution < -0.4 is 5.32 Å². The third-order valence-corrected chi connectivity index (χ3v) is 5.63. The molecule has 0 radical (unpaired) electrons. The Hall–Kier alpha value is -1.91. The minimum Gasteiger partial charge on any atom is -0.375 e. The smallest absolute Gasteiger partial charge is 0.375 e. The highest BCUT2D eigenvalue weighted by molar-refractivity contribution is 5.75. The molecule has 1 aromatic rings. The van der Waals surface area contributed by atoms with Crippen LogP contribution >= 0.6 is 0 Å². The normalized spacial score (nSPS) is 25.5. The number of alkyl halides is 3. The van der Waals surface area contributed by atoms with Crippen molar-refractivity contribution in [2.75, 3.05) is 39.3 Å². The number of benzene rings is 1. The lowest BCUT2D eigenvalue weighted by atomic mass is 10.0. The molecule has 1 aromatic carbocycles. The second kappa shape index (κ2) is 8.08. The zero-order valence-electron chi connectivity index (χ0n) is 15.8. The van der Waals surface area contributed by atoms with Crippen LogP contribution in [0.1, 0.15) is 17.5 Å². The molecule has 0 unspecified atom stereocenters. The monoisotopic (exact) mass is 417 g/mol. The third-order valence-electron chi connectivity index (χ3n) is 5.63. The van der Waals surface area contributed by atoms with Crippen molar-refractivity contribution in [3.63, 3.8) is 0 Å². The molecule has 4 rings (SSSR count). The van der Waals surface area contributed by atoms with Crippen LogP contribution in [0.15, 0.2) is 18.2 Å². The maximum absolute atomic E-state index is 13.9. The van der Waals surface area contributed by atoms with Crippen LogP contribution in [-0.4, -0.2) is 73.4 Å². The molecular formula is C19H23F4N3O3. The quantitative estimate of drug-likeness (QED) is 0.767. The van der Waals surface area contributed by atoms with Crippen molar-refractivity contribution in [3.05, 3.63) is 35.1 Å². The van der Waals surface area contributed by atoms with Gasteiger partial charge in [-0.1, -0.05) is 6.07 Å². The minimum absolute atomic E-state index is 0.0589. The van der Waals surface area contributed by atoms with Gasteiger partial charge in [-0.15, -0.1) is 0 Å². The lowest BCUT2D eigenvalue weighted by molar-refractivity contribution is -0.137. The molecule has 3 aliphatic rings. The van der Waals surface area contributed by atoms with Gasteiger partial charge in [-0.3, -0.25) is 0 Å². The molecule has 3 fully saturated rings. The molecule has 0 aliphatic carbocycles. The van der Waals surface area contributed by atoms with Crippen LogP contribution in [0.2, 0.25) is 0 Å². The summed E-state index contributed by atoms with van der Waals surface area (Å²) in [6.45, 7) is 3.35. The Balaban J connectivity index is 1.23. The van der Waals surface area contributed by atoms with Crippen LogP contribution in [0.4, 0.5) is 22.4 Å². The zero-order chi connectivity index (χ0) is 20.6. The van der Waals surface area contributed by atoms with Gasteiger partial charge in [-0.2, -0.15) is 13.2 Å². The molecule has 3 saturated heterocycles. The van der Waals surface area contributed by atoms with Gasteiger partial charge in [0.2, 0.25) is 0 Å². The van der Waals surface area contributed by atoms with Gasteiger partial charge < -0.3 is 24.6 Å². The summed E-state index contributed by atoms with van der Waals surface area (Å²) in [7, 11) is 0. The van der Waals surface area contributed by atoms with E-state index in [0.717, 1.165) is 25.1 Å². The van der Waals surface area contributed by atoms with Crippen molar-refractivity contribution in [1.29, 1.82) is 0 Å². The van der Waals surface area contributed by atoms with Crippen molar-refractivity contribution in [1.82, 2.24) is 15.1 Å². The number of fused-ring (bicyclic) bond motifs is 1. The maximum Gasteiger partial charge on any atom is 0.416 e. The highest BCUT2D eigenvalue weighted by Gasteiger charge is 2.39. The first-order chi connectivity index (χ1) is 13.8. The molecule has 2 atom stereocenters. The summed E-state index contributed by atoms with van der Waals surface area (Å²) < 4.78 is 62.9. The number of hydrogen-bond acceptors (Lipinski definition) is 4. The highest BCUT2D eigenvalue weighted by atomic mass is 19.4. The Morgan fingerprint density at radius 1 is 1.24 bits per heavy atom. The summed E-state index contributed by atoms with van der Waals surface area (Å²) in [4.78, 5) is 16.1. The van der Waals surface area contributed by atoms with E-state index in [1.807, 2.05) is 0 Å². The van der Waals surface area contributed by atoms with Gasteiger partial charge in [0.15, 0.2) is 0 Å². The molecule has 160 valence electrons. The van der Waals surface area contributed by atoms with E-state index < -0.39 is 17.6 Å². The number of ether oxygens (including phenoxy) is 2. The largest absolute Gasteiger partial charge is 0.416 e. The highest BCUT2D eigenvalue weighted by Crippen LogP contribution is 2.30. The Morgan fingerprint density at radius 3 is 2.76 bits per heavy atom. The van der Waals surface area contributed by atoms with Gasteiger partial charge in [0.25, 0.3) is 0 Å². The van der Waals surface area contributed by atoms with E-state index in [9.17, 15) is 22.4 Å². The summed E-state index contributed by atoms with van der Waals surface area (Å²) in [6.07, 6.45) is -3.89. The molecule has 0 bridgehead atoms. The Kier molecular flexibility index (Phi) is 5.67. The van der Waals surface area contributed by atoms with E-state index in [0.29, 0.717) is 38.9 Å². The predicted octanol–water partition coefficient (Wildman–Crippen LogP) is 2.23. The molecule has 3 aliphatic heterocycles. The number of morpholine rings is 1. The van der Waals surface area contributed by atoms with E-state index in [1.54, 1.807) is 9.80 Å². The number of likely N-dealkylation sites (tertiary alicyclic amines) is 2. The number of carbonyl (C=O) groups excluding carboxylic acids is 1. The van der Waals surface area contributed by atoms with E-state index in [2.05, 4.69) is 5.32 Å². The van der Waals surface area contributed by atoms with Gasteiger partial charge in [0, 0.05) is 25.2 Å². The fourth-order valence-electron chi connectivity index (χ4n) is 3.90. The van der Waals surface area contributed by atoms with Gasteiger partial charge >= 0.3 is 12.2 Å². The lowest BCUT2D eigenvalue weighted by Crippen LogP contribution is -2.64. The first-order valence-corrected chi connectivity index (χ1v) is 9.67. The first-order valence-electron chi connectivity index (χ1n) is 9.67. The summed E-state index contributed by atoms with van der Waals surface area (Å²) in [5.41, 5.74) is -0.964. The fraction of sp³-hybridized carbons (Fsp3) is 0.632. The van der Waals surface area contributed by atoms with Crippen LogP contribution in [-0.2, 0) is 22.3 Å². The van der Waals surface area contributed by atoms with Gasteiger partial charge in [-0.25, -0.2) is 9.18 Å². The van der Waals surface area contributed by atoms with Gasteiger partial charge in [-0.05, 0) is 18.6 Å². The van der Waals surface area contributed by atoms with E-state index in [-0.39, 0.29) is 36.5 Å². The van der Waals surface area contributed by atoms with E-state index in [1.165, 1.54) is 0 Å². The van der Waals surface area contributed by atoms with E-state index >= 15 is 0 Å². The second-order valence-electron chi connectivity index (χ2n) is 7.63. The van der Waals surface area contributed by atoms with Gasteiger partial charge in [0.05, 0.1) is 50.1 Å². The standard InChI is InChI=1S/C19H23F4N3O3/c20-15-7-13(19(21,22)23)2-1-12(15)11-29-14-8-26(9-14)18(27)25-5-3-17-16(10-25)24-4-6-28-17/h1-2,7,14,16-17,24H,3-6,8-11H2/t16-,17-/m1/s1. The molecule has 0 saturated carbocycles. The van der Waals surface area contributed by atoms with Gasteiger partial charge in [0.1, 0.15) is 5.82 Å². The number of urea groups is 1. The van der Waals surface area contributed by atoms with Crippen molar-refractivity contribution in [3.8, 4) is 0 Å². The molecule has 10 heteroatoms.